The predicted molar refractivity (Wildman–Crippen MR) is 67.6 cm³/mol. The van der Waals surface area contributed by atoms with Crippen LogP contribution in [-0.2, 0) is 19.3 Å². The van der Waals surface area contributed by atoms with Crippen LogP contribution in [0.25, 0.3) is 0 Å². The van der Waals surface area contributed by atoms with E-state index in [9.17, 15) is 4.79 Å². The molecule has 2 aromatic rings. The largest absolute Gasteiger partial charge is 0.345 e. The van der Waals surface area contributed by atoms with E-state index in [4.69, 9.17) is 0 Å². The molecule has 88 valence electrons. The predicted octanol–water partition coefficient (Wildman–Crippen LogP) is 2.78. The molecule has 1 N–H and O–H groups in total. The van der Waals surface area contributed by atoms with Crippen LogP contribution in [0.1, 0.15) is 39.7 Å². The van der Waals surface area contributed by atoms with Crippen LogP contribution in [0.5, 0.6) is 0 Å². The maximum Gasteiger partial charge on any atom is 0.180 e. The summed E-state index contributed by atoms with van der Waals surface area (Å²) in [6, 6.07) is 3.78. The number of nitrogens with zero attached hydrogens (tertiary/aromatic N) is 1. The lowest BCUT2D eigenvalue weighted by Crippen LogP contribution is -2.02. The van der Waals surface area contributed by atoms with Gasteiger partial charge in [0, 0.05) is 5.69 Å². The van der Waals surface area contributed by atoms with Gasteiger partial charge in [0.15, 0.2) is 5.78 Å². The zero-order chi connectivity index (χ0) is 11.7. The van der Waals surface area contributed by atoms with Gasteiger partial charge in [0.25, 0.3) is 0 Å². The number of ketones is 1. The van der Waals surface area contributed by atoms with E-state index in [0.29, 0.717) is 6.42 Å². The summed E-state index contributed by atoms with van der Waals surface area (Å²) in [5, 5.41) is 1.93. The minimum Gasteiger partial charge on any atom is -0.345 e. The average molecular weight is 246 g/mol. The Morgan fingerprint density at radius 2 is 2.29 bits per heavy atom. The van der Waals surface area contributed by atoms with E-state index in [1.54, 1.807) is 0 Å². The first-order valence-corrected chi connectivity index (χ1v) is 6.84. The summed E-state index contributed by atoms with van der Waals surface area (Å²) >= 11 is 1.49. The van der Waals surface area contributed by atoms with Crippen molar-refractivity contribution < 1.29 is 4.79 Å². The molecule has 0 saturated carbocycles. The Morgan fingerprint density at radius 1 is 1.41 bits per heavy atom. The van der Waals surface area contributed by atoms with Crippen LogP contribution in [0.4, 0.5) is 0 Å². The van der Waals surface area contributed by atoms with Crippen LogP contribution in [0, 0.1) is 0 Å². The number of H-pyrrole nitrogens is 1. The molecule has 0 amide bonds. The highest BCUT2D eigenvalue weighted by molar-refractivity contribution is 7.12. The van der Waals surface area contributed by atoms with Crippen molar-refractivity contribution in [1.29, 1.82) is 0 Å². The molecule has 0 fully saturated rings. The quantitative estimate of drug-likeness (QED) is 0.846. The van der Waals surface area contributed by atoms with E-state index in [1.165, 1.54) is 35.6 Å². The zero-order valence-corrected chi connectivity index (χ0v) is 10.3. The van der Waals surface area contributed by atoms with Crippen molar-refractivity contribution in [2.24, 2.45) is 0 Å². The SMILES string of the molecule is O=C(Cc1nc2c([nH]1)CCCC2)c1cccs1. The Morgan fingerprint density at radius 3 is 3.06 bits per heavy atom. The molecule has 0 spiro atoms. The van der Waals surface area contributed by atoms with Crippen LogP contribution in [0.15, 0.2) is 17.5 Å². The van der Waals surface area contributed by atoms with Crippen LogP contribution in [0.2, 0.25) is 0 Å². The molecule has 0 bridgehead atoms. The maximum atomic E-state index is 11.9. The number of carbonyl (C=O) groups excluding carboxylic acids is 1. The van der Waals surface area contributed by atoms with Crippen molar-refractivity contribution >= 4 is 17.1 Å². The minimum atomic E-state index is 0.158. The number of carbonyl (C=O) groups is 1. The van der Waals surface area contributed by atoms with Crippen LogP contribution in [0.3, 0.4) is 0 Å². The first kappa shape index (κ1) is 10.7. The molecule has 2 aromatic heterocycles. The molecule has 4 heteroatoms. The smallest absolute Gasteiger partial charge is 0.180 e. The lowest BCUT2D eigenvalue weighted by molar-refractivity contribution is 0.0995. The van der Waals surface area contributed by atoms with E-state index in [-0.39, 0.29) is 5.78 Å². The van der Waals surface area contributed by atoms with Gasteiger partial charge in [-0.25, -0.2) is 4.98 Å². The van der Waals surface area contributed by atoms with Crippen molar-refractivity contribution in [2.75, 3.05) is 0 Å². The maximum absolute atomic E-state index is 11.9. The molecular formula is C13H14N2OS. The molecular weight excluding hydrogens is 232 g/mol. The molecule has 1 aliphatic carbocycles. The van der Waals surface area contributed by atoms with Gasteiger partial charge >= 0.3 is 0 Å². The van der Waals surface area contributed by atoms with Crippen molar-refractivity contribution in [2.45, 2.75) is 32.1 Å². The second kappa shape index (κ2) is 4.45. The molecule has 0 unspecified atom stereocenters. The highest BCUT2D eigenvalue weighted by Gasteiger charge is 2.16. The van der Waals surface area contributed by atoms with E-state index in [2.05, 4.69) is 9.97 Å². The van der Waals surface area contributed by atoms with E-state index >= 15 is 0 Å². The van der Waals surface area contributed by atoms with Gasteiger partial charge in [0.05, 0.1) is 17.0 Å². The Hall–Kier alpha value is -1.42. The second-order valence-electron chi connectivity index (χ2n) is 4.39. The molecule has 0 atom stereocenters. The Labute approximate surface area is 104 Å². The third-order valence-corrected chi connectivity index (χ3v) is 4.04. The summed E-state index contributed by atoms with van der Waals surface area (Å²) in [4.78, 5) is 20.6. The van der Waals surface area contributed by atoms with Crippen molar-refractivity contribution in [3.05, 3.63) is 39.6 Å². The first-order chi connectivity index (χ1) is 8.33. The van der Waals surface area contributed by atoms with Crippen molar-refractivity contribution in [3.63, 3.8) is 0 Å². The lowest BCUT2D eigenvalue weighted by Gasteiger charge is -2.07. The standard InChI is InChI=1S/C13H14N2OS/c16-11(12-6-3-7-17-12)8-13-14-9-4-1-2-5-10(9)15-13/h3,6-7H,1-2,4-5,8H2,(H,14,15). The van der Waals surface area contributed by atoms with Crippen molar-refractivity contribution in [3.8, 4) is 0 Å². The highest BCUT2D eigenvalue weighted by Crippen LogP contribution is 2.19. The number of fused-ring (bicyclic) bond motifs is 1. The molecule has 0 aliphatic heterocycles. The number of imidazole rings is 1. The number of aryl methyl sites for hydroxylation is 2. The fraction of sp³-hybridized carbons (Fsp3) is 0.385. The van der Waals surface area contributed by atoms with Gasteiger partial charge < -0.3 is 4.98 Å². The highest BCUT2D eigenvalue weighted by atomic mass is 32.1. The van der Waals surface area contributed by atoms with Crippen molar-refractivity contribution in [1.82, 2.24) is 9.97 Å². The molecule has 0 saturated heterocycles. The molecule has 0 radical (unpaired) electrons. The number of Topliss-reactive ketones (excluding diaryl/α,β-unsaturated/α-hetero) is 1. The van der Waals surface area contributed by atoms with Gasteiger partial charge in [0.1, 0.15) is 5.82 Å². The molecule has 1 aliphatic rings. The van der Waals surface area contributed by atoms with E-state index < -0.39 is 0 Å². The monoisotopic (exact) mass is 246 g/mol. The van der Waals surface area contributed by atoms with E-state index in [0.717, 1.165) is 23.5 Å². The van der Waals surface area contributed by atoms with Gasteiger partial charge in [-0.3, -0.25) is 4.79 Å². The van der Waals surface area contributed by atoms with Gasteiger partial charge in [0.2, 0.25) is 0 Å². The lowest BCUT2D eigenvalue weighted by atomic mass is 10.0. The Balaban J connectivity index is 1.77. The Kier molecular flexibility index (Phi) is 2.81. The van der Waals surface area contributed by atoms with E-state index in [1.807, 2.05) is 17.5 Å². The number of nitrogens with one attached hydrogen (secondary N) is 1. The number of hydrogen-bond acceptors (Lipinski definition) is 3. The number of aromatic amines is 1. The second-order valence-corrected chi connectivity index (χ2v) is 5.34. The topological polar surface area (TPSA) is 45.8 Å². The number of thiophene rings is 1. The molecule has 2 heterocycles. The number of rotatable bonds is 3. The molecule has 17 heavy (non-hydrogen) atoms. The van der Waals surface area contributed by atoms with Gasteiger partial charge in [-0.2, -0.15) is 0 Å². The fourth-order valence-electron chi connectivity index (χ4n) is 2.27. The number of hydrogen-bond donors (Lipinski definition) is 1. The average Bonchev–Trinajstić information content (AvgIpc) is 2.97. The third-order valence-electron chi connectivity index (χ3n) is 3.13. The van der Waals surface area contributed by atoms with Crippen LogP contribution in [-0.4, -0.2) is 15.8 Å². The molecule has 3 rings (SSSR count). The van der Waals surface area contributed by atoms with Crippen LogP contribution >= 0.6 is 11.3 Å². The first-order valence-electron chi connectivity index (χ1n) is 5.96. The summed E-state index contributed by atoms with van der Waals surface area (Å²) in [5.74, 6) is 0.987. The minimum absolute atomic E-state index is 0.158. The molecule has 3 nitrogen and oxygen atoms in total. The summed E-state index contributed by atoms with van der Waals surface area (Å²) in [6.07, 6.45) is 4.98. The van der Waals surface area contributed by atoms with Gasteiger partial charge in [-0.05, 0) is 37.1 Å². The summed E-state index contributed by atoms with van der Waals surface area (Å²) in [7, 11) is 0. The number of aromatic nitrogens is 2. The Bertz CT molecular complexity index is 504. The zero-order valence-electron chi connectivity index (χ0n) is 9.53. The normalized spacial score (nSPS) is 14.6. The summed E-state index contributed by atoms with van der Waals surface area (Å²) in [5.41, 5.74) is 2.41. The van der Waals surface area contributed by atoms with Crippen LogP contribution < -0.4 is 0 Å². The molecule has 0 aromatic carbocycles. The summed E-state index contributed by atoms with van der Waals surface area (Å²) in [6.45, 7) is 0. The summed E-state index contributed by atoms with van der Waals surface area (Å²) < 4.78 is 0. The van der Waals surface area contributed by atoms with Gasteiger partial charge in [-0.15, -0.1) is 11.3 Å². The third kappa shape index (κ3) is 2.17. The fourth-order valence-corrected chi connectivity index (χ4v) is 2.94. The van der Waals surface area contributed by atoms with Gasteiger partial charge in [-0.1, -0.05) is 6.07 Å².